The van der Waals surface area contributed by atoms with Gasteiger partial charge in [0.05, 0.1) is 0 Å². The van der Waals surface area contributed by atoms with Crippen LogP contribution in [0.4, 0.5) is 0 Å². The number of nitrogens with one attached hydrogen (secondary N) is 1. The normalized spacial score (nSPS) is 14.4. The van der Waals surface area contributed by atoms with E-state index in [2.05, 4.69) is 66.3 Å². The van der Waals surface area contributed by atoms with Crippen molar-refractivity contribution in [3.8, 4) is 0 Å². The Balaban J connectivity index is 2.68. The van der Waals surface area contributed by atoms with Gasteiger partial charge < -0.3 is 5.32 Å². The van der Waals surface area contributed by atoms with E-state index in [1.807, 2.05) is 0 Å². The van der Waals surface area contributed by atoms with Gasteiger partial charge in [-0.1, -0.05) is 61.3 Å². The lowest BCUT2D eigenvalue weighted by Gasteiger charge is -2.25. The van der Waals surface area contributed by atoms with Crippen LogP contribution >= 0.6 is 15.9 Å². The van der Waals surface area contributed by atoms with E-state index in [1.165, 1.54) is 29.3 Å². The molecule has 1 rings (SSSR count). The molecular weight excluding hydrogens is 286 g/mol. The maximum atomic E-state index is 3.71. The summed E-state index contributed by atoms with van der Waals surface area (Å²) in [6.45, 7) is 7.98. The Labute approximate surface area is 120 Å². The molecule has 0 radical (unpaired) electrons. The zero-order valence-corrected chi connectivity index (χ0v) is 13.5. The van der Waals surface area contributed by atoms with Gasteiger partial charge in [-0.3, -0.25) is 0 Å². The molecule has 2 heteroatoms. The fraction of sp³-hybridized carbons (Fsp3) is 0.625. The first kappa shape index (κ1) is 15.7. The molecule has 18 heavy (non-hydrogen) atoms. The highest BCUT2D eigenvalue weighted by atomic mass is 79.9. The average molecular weight is 312 g/mol. The molecule has 2 atom stereocenters. The highest BCUT2D eigenvalue weighted by Crippen LogP contribution is 2.21. The van der Waals surface area contributed by atoms with Crippen molar-refractivity contribution in [3.63, 3.8) is 0 Å². The van der Waals surface area contributed by atoms with Crippen molar-refractivity contribution >= 4 is 15.9 Å². The third-order valence-electron chi connectivity index (χ3n) is 3.49. The van der Waals surface area contributed by atoms with E-state index in [0.717, 1.165) is 18.9 Å². The second-order valence-corrected chi connectivity index (χ2v) is 5.98. The number of halogens is 1. The van der Waals surface area contributed by atoms with E-state index >= 15 is 0 Å². The van der Waals surface area contributed by atoms with Crippen LogP contribution in [-0.4, -0.2) is 12.6 Å². The monoisotopic (exact) mass is 311 g/mol. The summed E-state index contributed by atoms with van der Waals surface area (Å²) >= 11 is 3.65. The number of benzene rings is 1. The van der Waals surface area contributed by atoms with E-state index in [-0.39, 0.29) is 0 Å². The van der Waals surface area contributed by atoms with Gasteiger partial charge in [-0.15, -0.1) is 0 Å². The standard InChI is InChI=1S/C16H26BrN/c1-4-8-13(3)16(18-11-5-2)12-14-9-6-7-10-15(14)17/h6-7,9-10,13,16,18H,4-5,8,11-12H2,1-3H3. The Morgan fingerprint density at radius 1 is 1.17 bits per heavy atom. The summed E-state index contributed by atoms with van der Waals surface area (Å²) in [5.41, 5.74) is 1.41. The van der Waals surface area contributed by atoms with Crippen LogP contribution in [0.5, 0.6) is 0 Å². The van der Waals surface area contributed by atoms with Crippen molar-refractivity contribution in [2.45, 2.75) is 52.5 Å². The maximum Gasteiger partial charge on any atom is 0.0207 e. The van der Waals surface area contributed by atoms with Crippen molar-refractivity contribution in [1.29, 1.82) is 0 Å². The molecule has 0 heterocycles. The molecule has 1 aromatic rings. The predicted octanol–water partition coefficient (Wildman–Crippen LogP) is 4.80. The summed E-state index contributed by atoms with van der Waals surface area (Å²) in [6.07, 6.45) is 4.88. The Bertz CT molecular complexity index is 338. The zero-order valence-electron chi connectivity index (χ0n) is 11.9. The molecule has 0 saturated heterocycles. The van der Waals surface area contributed by atoms with Crippen LogP contribution in [0.25, 0.3) is 0 Å². The van der Waals surface area contributed by atoms with E-state index in [9.17, 15) is 0 Å². The zero-order chi connectivity index (χ0) is 13.4. The van der Waals surface area contributed by atoms with Crippen LogP contribution in [0.2, 0.25) is 0 Å². The summed E-state index contributed by atoms with van der Waals surface area (Å²) < 4.78 is 1.23. The highest BCUT2D eigenvalue weighted by Gasteiger charge is 2.17. The predicted molar refractivity (Wildman–Crippen MR) is 84.0 cm³/mol. The minimum atomic E-state index is 0.587. The van der Waals surface area contributed by atoms with Gasteiger partial charge >= 0.3 is 0 Å². The summed E-state index contributed by atoms with van der Waals surface area (Å²) in [7, 11) is 0. The van der Waals surface area contributed by atoms with Gasteiger partial charge in [-0.05, 0) is 43.4 Å². The molecule has 0 saturated carbocycles. The van der Waals surface area contributed by atoms with Crippen LogP contribution in [0, 0.1) is 5.92 Å². The van der Waals surface area contributed by atoms with E-state index in [0.29, 0.717) is 6.04 Å². The highest BCUT2D eigenvalue weighted by molar-refractivity contribution is 9.10. The summed E-state index contributed by atoms with van der Waals surface area (Å²) in [6, 6.07) is 9.16. The smallest absolute Gasteiger partial charge is 0.0207 e. The lowest BCUT2D eigenvalue weighted by molar-refractivity contribution is 0.352. The van der Waals surface area contributed by atoms with Crippen LogP contribution < -0.4 is 5.32 Å². The van der Waals surface area contributed by atoms with Crippen molar-refractivity contribution in [2.24, 2.45) is 5.92 Å². The Kier molecular flexibility index (Phi) is 7.60. The molecular formula is C16H26BrN. The van der Waals surface area contributed by atoms with Crippen LogP contribution in [0.3, 0.4) is 0 Å². The molecule has 102 valence electrons. The molecule has 1 N–H and O–H groups in total. The lowest BCUT2D eigenvalue weighted by atomic mass is 9.91. The van der Waals surface area contributed by atoms with Gasteiger partial charge in [0.25, 0.3) is 0 Å². The van der Waals surface area contributed by atoms with Crippen molar-refractivity contribution in [1.82, 2.24) is 5.32 Å². The molecule has 0 amide bonds. The number of hydrogen-bond acceptors (Lipinski definition) is 1. The third-order valence-corrected chi connectivity index (χ3v) is 4.26. The Morgan fingerprint density at radius 3 is 2.50 bits per heavy atom. The first-order chi connectivity index (χ1) is 8.69. The summed E-state index contributed by atoms with van der Waals surface area (Å²) in [5, 5.41) is 3.71. The molecule has 2 unspecified atom stereocenters. The summed E-state index contributed by atoms with van der Waals surface area (Å²) in [4.78, 5) is 0. The SMILES string of the molecule is CCCNC(Cc1ccccc1Br)C(C)CCC. The van der Waals surface area contributed by atoms with E-state index < -0.39 is 0 Å². The molecule has 0 spiro atoms. The van der Waals surface area contributed by atoms with Crippen LogP contribution in [0.1, 0.15) is 45.6 Å². The van der Waals surface area contributed by atoms with Crippen LogP contribution in [-0.2, 0) is 6.42 Å². The maximum absolute atomic E-state index is 3.71. The second kappa shape index (κ2) is 8.71. The number of hydrogen-bond donors (Lipinski definition) is 1. The number of rotatable bonds is 8. The van der Waals surface area contributed by atoms with Gasteiger partial charge in [0.2, 0.25) is 0 Å². The van der Waals surface area contributed by atoms with Gasteiger partial charge in [-0.25, -0.2) is 0 Å². The van der Waals surface area contributed by atoms with E-state index in [4.69, 9.17) is 0 Å². The minimum absolute atomic E-state index is 0.587. The molecule has 0 aromatic heterocycles. The van der Waals surface area contributed by atoms with Crippen molar-refractivity contribution in [2.75, 3.05) is 6.54 Å². The molecule has 0 fully saturated rings. The van der Waals surface area contributed by atoms with Gasteiger partial charge in [0, 0.05) is 10.5 Å². The quantitative estimate of drug-likeness (QED) is 0.727. The average Bonchev–Trinajstić information content (AvgIpc) is 2.36. The first-order valence-corrected chi connectivity index (χ1v) is 7.95. The largest absolute Gasteiger partial charge is 0.313 e. The van der Waals surface area contributed by atoms with Gasteiger partial charge in [-0.2, -0.15) is 0 Å². The fourth-order valence-corrected chi connectivity index (χ4v) is 2.81. The lowest BCUT2D eigenvalue weighted by Crippen LogP contribution is -2.37. The minimum Gasteiger partial charge on any atom is -0.313 e. The summed E-state index contributed by atoms with van der Waals surface area (Å²) in [5.74, 6) is 0.730. The van der Waals surface area contributed by atoms with E-state index in [1.54, 1.807) is 0 Å². The third kappa shape index (κ3) is 5.11. The van der Waals surface area contributed by atoms with Gasteiger partial charge in [0.1, 0.15) is 0 Å². The second-order valence-electron chi connectivity index (χ2n) is 5.12. The van der Waals surface area contributed by atoms with Crippen LogP contribution in [0.15, 0.2) is 28.7 Å². The van der Waals surface area contributed by atoms with Crippen molar-refractivity contribution in [3.05, 3.63) is 34.3 Å². The molecule has 1 aromatic carbocycles. The van der Waals surface area contributed by atoms with Gasteiger partial charge in [0.15, 0.2) is 0 Å². The molecule has 1 nitrogen and oxygen atoms in total. The fourth-order valence-electron chi connectivity index (χ4n) is 2.36. The molecule has 0 bridgehead atoms. The topological polar surface area (TPSA) is 12.0 Å². The Hall–Kier alpha value is -0.340. The molecule has 0 aliphatic heterocycles. The van der Waals surface area contributed by atoms with Crippen molar-refractivity contribution < 1.29 is 0 Å². The Morgan fingerprint density at radius 2 is 1.89 bits per heavy atom. The first-order valence-electron chi connectivity index (χ1n) is 7.15. The molecule has 0 aliphatic carbocycles. The molecule has 0 aliphatic rings.